The first-order valence-corrected chi connectivity index (χ1v) is 7.21. The zero-order valence-corrected chi connectivity index (χ0v) is 12.8. The molecule has 1 aromatic carbocycles. The molecule has 0 aliphatic heterocycles. The van der Waals surface area contributed by atoms with Crippen LogP contribution in [0, 0.1) is 5.92 Å². The van der Waals surface area contributed by atoms with Gasteiger partial charge in [-0.3, -0.25) is 0 Å². The van der Waals surface area contributed by atoms with Crippen LogP contribution in [0.1, 0.15) is 52.5 Å². The van der Waals surface area contributed by atoms with Crippen LogP contribution in [0.5, 0.6) is 5.75 Å². The van der Waals surface area contributed by atoms with Gasteiger partial charge in [0, 0.05) is 0 Å². The van der Waals surface area contributed by atoms with Gasteiger partial charge in [0.2, 0.25) is 0 Å². The molecule has 0 fully saturated rings. The summed E-state index contributed by atoms with van der Waals surface area (Å²) in [6, 6.07) is 5.89. The molecule has 96 valence electrons. The van der Waals surface area contributed by atoms with Crippen molar-refractivity contribution in [2.45, 2.75) is 52.4 Å². The summed E-state index contributed by atoms with van der Waals surface area (Å²) in [4.78, 5) is 0. The number of aromatic hydroxyl groups is 1. The Hall–Kier alpha value is -0.500. The molecule has 0 spiro atoms. The molecule has 0 aliphatic carbocycles. The summed E-state index contributed by atoms with van der Waals surface area (Å²) in [5, 5.41) is 9.56. The van der Waals surface area contributed by atoms with E-state index >= 15 is 0 Å². The summed E-state index contributed by atoms with van der Waals surface area (Å²) in [6.07, 6.45) is 3.53. The van der Waals surface area contributed by atoms with Crippen LogP contribution in [-0.4, -0.2) is 5.11 Å². The average molecular weight is 299 g/mol. The molecule has 17 heavy (non-hydrogen) atoms. The lowest BCUT2D eigenvalue weighted by Crippen LogP contribution is -2.23. The van der Waals surface area contributed by atoms with Gasteiger partial charge in [-0.25, -0.2) is 0 Å². The predicted molar refractivity (Wildman–Crippen MR) is 77.5 cm³/mol. The van der Waals surface area contributed by atoms with E-state index in [1.807, 2.05) is 6.07 Å². The van der Waals surface area contributed by atoms with Crippen LogP contribution in [0.25, 0.3) is 0 Å². The smallest absolute Gasteiger partial charge is 0.129 e. The van der Waals surface area contributed by atoms with E-state index in [1.54, 1.807) is 6.07 Å². The number of hydrogen-bond acceptors (Lipinski definition) is 1. The maximum atomic E-state index is 9.56. The van der Waals surface area contributed by atoms with Crippen molar-refractivity contribution in [3.63, 3.8) is 0 Å². The number of rotatable bonds is 5. The van der Waals surface area contributed by atoms with Gasteiger partial charge in [0.25, 0.3) is 0 Å². The molecular formula is C15H23BrO. The molecule has 1 aromatic rings. The van der Waals surface area contributed by atoms with Crippen molar-refractivity contribution in [1.82, 2.24) is 0 Å². The molecule has 0 aromatic heterocycles. The molecule has 0 radical (unpaired) electrons. The van der Waals surface area contributed by atoms with Crippen molar-refractivity contribution >= 4 is 15.9 Å². The summed E-state index contributed by atoms with van der Waals surface area (Å²) < 4.78 is 0.791. The van der Waals surface area contributed by atoms with Crippen LogP contribution in [0.3, 0.4) is 0 Å². The second-order valence-electron chi connectivity index (χ2n) is 5.30. The molecule has 2 atom stereocenters. The molecule has 2 unspecified atom stereocenters. The Morgan fingerprint density at radius 2 is 2.00 bits per heavy atom. The fourth-order valence-corrected chi connectivity index (χ4v) is 2.64. The highest BCUT2D eigenvalue weighted by atomic mass is 79.9. The summed E-state index contributed by atoms with van der Waals surface area (Å²) in [5.74, 6) is 1.04. The van der Waals surface area contributed by atoms with E-state index in [0.29, 0.717) is 5.75 Å². The monoisotopic (exact) mass is 298 g/mol. The highest BCUT2D eigenvalue weighted by Crippen LogP contribution is 2.38. The summed E-state index contributed by atoms with van der Waals surface area (Å²) in [7, 11) is 0. The van der Waals surface area contributed by atoms with Gasteiger partial charge >= 0.3 is 0 Å². The van der Waals surface area contributed by atoms with Crippen molar-refractivity contribution in [3.8, 4) is 5.75 Å². The fourth-order valence-electron chi connectivity index (χ4n) is 2.26. The average Bonchev–Trinajstić information content (AvgIpc) is 2.32. The quantitative estimate of drug-likeness (QED) is 0.786. The highest BCUT2D eigenvalue weighted by molar-refractivity contribution is 9.10. The van der Waals surface area contributed by atoms with E-state index in [0.717, 1.165) is 16.8 Å². The van der Waals surface area contributed by atoms with Crippen molar-refractivity contribution in [2.75, 3.05) is 0 Å². The molecular weight excluding hydrogens is 276 g/mol. The molecule has 1 N–H and O–H groups in total. The SMILES string of the molecule is CCC(C)CC(C)(CC)c1ccc(O)c(Br)c1. The topological polar surface area (TPSA) is 20.2 Å². The summed E-state index contributed by atoms with van der Waals surface area (Å²) >= 11 is 3.40. The Labute approximate surface area is 113 Å². The minimum atomic E-state index is 0.200. The summed E-state index contributed by atoms with van der Waals surface area (Å²) in [6.45, 7) is 9.11. The summed E-state index contributed by atoms with van der Waals surface area (Å²) in [5.41, 5.74) is 1.51. The standard InChI is InChI=1S/C15H23BrO/c1-5-11(3)10-15(4,6-2)12-7-8-14(17)13(16)9-12/h7-9,11,17H,5-6,10H2,1-4H3. The van der Waals surface area contributed by atoms with Gasteiger partial charge in [0.1, 0.15) is 5.75 Å². The molecule has 0 bridgehead atoms. The predicted octanol–water partition coefficient (Wildman–Crippen LogP) is 5.26. The molecule has 0 amide bonds. The molecule has 0 saturated carbocycles. The molecule has 1 rings (SSSR count). The van der Waals surface area contributed by atoms with Gasteiger partial charge in [-0.2, -0.15) is 0 Å². The third-order valence-corrected chi connectivity index (χ3v) is 4.56. The van der Waals surface area contributed by atoms with E-state index in [1.165, 1.54) is 18.4 Å². The minimum absolute atomic E-state index is 0.200. The third kappa shape index (κ3) is 3.48. The van der Waals surface area contributed by atoms with E-state index in [4.69, 9.17) is 0 Å². The molecule has 1 nitrogen and oxygen atoms in total. The number of hydrogen-bond donors (Lipinski definition) is 1. The normalized spacial score (nSPS) is 16.5. The first-order valence-electron chi connectivity index (χ1n) is 6.42. The maximum absolute atomic E-state index is 9.56. The largest absolute Gasteiger partial charge is 0.507 e. The minimum Gasteiger partial charge on any atom is -0.507 e. The van der Waals surface area contributed by atoms with Crippen LogP contribution in [0.15, 0.2) is 22.7 Å². The Morgan fingerprint density at radius 3 is 2.47 bits per heavy atom. The van der Waals surface area contributed by atoms with Crippen molar-refractivity contribution in [3.05, 3.63) is 28.2 Å². The Bertz CT molecular complexity index is 375. The van der Waals surface area contributed by atoms with Gasteiger partial charge in [-0.05, 0) is 57.8 Å². The first kappa shape index (κ1) is 14.6. The lowest BCUT2D eigenvalue weighted by molar-refractivity contribution is 0.336. The molecule has 0 heterocycles. The molecule has 2 heteroatoms. The van der Waals surface area contributed by atoms with Crippen LogP contribution >= 0.6 is 15.9 Å². The van der Waals surface area contributed by atoms with Crippen molar-refractivity contribution in [2.24, 2.45) is 5.92 Å². The van der Waals surface area contributed by atoms with E-state index in [9.17, 15) is 5.11 Å². The van der Waals surface area contributed by atoms with Crippen LogP contribution < -0.4 is 0 Å². The van der Waals surface area contributed by atoms with Crippen LogP contribution in [-0.2, 0) is 5.41 Å². The van der Waals surface area contributed by atoms with Crippen molar-refractivity contribution in [1.29, 1.82) is 0 Å². The lowest BCUT2D eigenvalue weighted by atomic mass is 9.73. The highest BCUT2D eigenvalue weighted by Gasteiger charge is 2.26. The third-order valence-electron chi connectivity index (χ3n) is 3.92. The number of halogens is 1. The second kappa shape index (κ2) is 5.90. The maximum Gasteiger partial charge on any atom is 0.129 e. The van der Waals surface area contributed by atoms with Gasteiger partial charge in [-0.1, -0.05) is 40.2 Å². The number of benzene rings is 1. The zero-order chi connectivity index (χ0) is 13.1. The van der Waals surface area contributed by atoms with Crippen LogP contribution in [0.2, 0.25) is 0 Å². The zero-order valence-electron chi connectivity index (χ0n) is 11.3. The van der Waals surface area contributed by atoms with Gasteiger partial charge in [-0.15, -0.1) is 0 Å². The Kier molecular flexibility index (Phi) is 5.05. The Balaban J connectivity index is 3.02. The molecule has 0 aliphatic rings. The van der Waals surface area contributed by atoms with Crippen LogP contribution in [0.4, 0.5) is 0 Å². The number of phenols is 1. The van der Waals surface area contributed by atoms with Gasteiger partial charge in [0.15, 0.2) is 0 Å². The van der Waals surface area contributed by atoms with Gasteiger partial charge < -0.3 is 5.11 Å². The first-order chi connectivity index (χ1) is 7.92. The lowest BCUT2D eigenvalue weighted by Gasteiger charge is -2.32. The van der Waals surface area contributed by atoms with E-state index in [-0.39, 0.29) is 5.41 Å². The fraction of sp³-hybridized carbons (Fsp3) is 0.600. The van der Waals surface area contributed by atoms with E-state index < -0.39 is 0 Å². The number of phenolic OH excluding ortho intramolecular Hbond substituents is 1. The van der Waals surface area contributed by atoms with Gasteiger partial charge in [0.05, 0.1) is 4.47 Å². The molecule has 0 saturated heterocycles. The Morgan fingerprint density at radius 1 is 1.35 bits per heavy atom. The van der Waals surface area contributed by atoms with Crippen molar-refractivity contribution < 1.29 is 5.11 Å². The second-order valence-corrected chi connectivity index (χ2v) is 6.15. The van der Waals surface area contributed by atoms with E-state index in [2.05, 4.69) is 49.7 Å².